The summed E-state index contributed by atoms with van der Waals surface area (Å²) < 4.78 is 10.9. The Kier molecular flexibility index (Phi) is 21.2. The second-order valence-electron chi connectivity index (χ2n) is 12.3. The third-order valence-electron chi connectivity index (χ3n) is 8.23. The van der Waals surface area contributed by atoms with E-state index in [-0.39, 0.29) is 18.9 Å². The van der Waals surface area contributed by atoms with Crippen molar-refractivity contribution in [1.82, 2.24) is 5.32 Å². The number of methoxy groups -OCH3 is 1. The number of hydrogen-bond acceptors (Lipinski definition) is 7. The van der Waals surface area contributed by atoms with E-state index in [1.54, 1.807) is 14.0 Å². The molecule has 248 valence electrons. The molecule has 0 radical (unpaired) electrons. The van der Waals surface area contributed by atoms with Crippen molar-refractivity contribution in [1.29, 1.82) is 0 Å². The number of β-amino-alcohol motifs (C(OH)–C–C–N with tert-alkyl or cyclic N) is 1. The molecule has 1 aliphatic rings. The van der Waals surface area contributed by atoms with Crippen LogP contribution in [0.15, 0.2) is 35.5 Å². The van der Waals surface area contributed by atoms with Crippen molar-refractivity contribution in [2.24, 2.45) is 11.8 Å². The zero-order valence-corrected chi connectivity index (χ0v) is 27.6. The lowest BCUT2D eigenvalue weighted by Crippen LogP contribution is -2.42. The van der Waals surface area contributed by atoms with Gasteiger partial charge in [0, 0.05) is 25.6 Å². The number of rotatable bonds is 5. The van der Waals surface area contributed by atoms with E-state index < -0.39 is 36.3 Å². The fourth-order valence-electron chi connectivity index (χ4n) is 5.44. The zero-order valence-electron chi connectivity index (χ0n) is 27.6. The molecule has 1 amide bonds. The van der Waals surface area contributed by atoms with Crippen molar-refractivity contribution >= 4 is 11.9 Å². The Morgan fingerprint density at radius 3 is 2.30 bits per heavy atom. The van der Waals surface area contributed by atoms with E-state index in [9.17, 15) is 24.9 Å². The van der Waals surface area contributed by atoms with Gasteiger partial charge in [0.15, 0.2) is 6.10 Å². The molecular weight excluding hydrogens is 546 g/mol. The van der Waals surface area contributed by atoms with E-state index in [2.05, 4.69) is 31.3 Å². The Morgan fingerprint density at radius 1 is 0.977 bits per heavy atom. The van der Waals surface area contributed by atoms with Gasteiger partial charge < -0.3 is 30.1 Å². The first kappa shape index (κ1) is 39.0. The third-order valence-corrected chi connectivity index (χ3v) is 8.23. The van der Waals surface area contributed by atoms with Crippen LogP contribution < -0.4 is 5.32 Å². The van der Waals surface area contributed by atoms with Gasteiger partial charge in [-0.05, 0) is 62.9 Å². The summed E-state index contributed by atoms with van der Waals surface area (Å²) in [5.41, 5.74) is 1.52. The van der Waals surface area contributed by atoms with Crippen molar-refractivity contribution in [3.63, 3.8) is 0 Å². The molecule has 1 rings (SSSR count). The van der Waals surface area contributed by atoms with Crippen LogP contribution in [0.1, 0.15) is 118 Å². The number of cyclic esters (lactones) is 1. The Bertz CT molecular complexity index is 868. The zero-order chi connectivity index (χ0) is 32.0. The highest BCUT2D eigenvalue weighted by Gasteiger charge is 2.25. The molecule has 0 fully saturated rings. The maximum atomic E-state index is 12.8. The first-order valence-corrected chi connectivity index (χ1v) is 16.7. The summed E-state index contributed by atoms with van der Waals surface area (Å²) >= 11 is 0. The first-order valence-electron chi connectivity index (χ1n) is 16.7. The molecule has 43 heavy (non-hydrogen) atoms. The van der Waals surface area contributed by atoms with Crippen LogP contribution in [0.5, 0.6) is 0 Å². The molecule has 0 aromatic heterocycles. The molecule has 0 saturated carbocycles. The third kappa shape index (κ3) is 17.8. The van der Waals surface area contributed by atoms with Gasteiger partial charge >= 0.3 is 5.97 Å². The Labute approximate surface area is 261 Å². The first-order chi connectivity index (χ1) is 20.6. The average Bonchev–Trinajstić information content (AvgIpc) is 2.97. The SMILES string of the molecule is CCC[C@@H]1OC(=O)C(C)=C[C@H](C)CCCCCCCCC(CC)C=CC=C(COC)CC[C@@H](O)[C@@H](O)C[C@H](O)CNC1=O. The van der Waals surface area contributed by atoms with E-state index in [4.69, 9.17) is 9.47 Å². The lowest BCUT2D eigenvalue weighted by Gasteiger charge is -2.22. The largest absolute Gasteiger partial charge is 0.449 e. The topological polar surface area (TPSA) is 125 Å². The Hall–Kier alpha value is -2.00. The maximum Gasteiger partial charge on any atom is 0.334 e. The number of aliphatic hydroxyl groups excluding tert-OH is 3. The number of nitrogens with one attached hydrogen (secondary N) is 1. The van der Waals surface area contributed by atoms with Gasteiger partial charge in [0.05, 0.1) is 24.9 Å². The van der Waals surface area contributed by atoms with Gasteiger partial charge in [0.1, 0.15) is 0 Å². The molecule has 0 bridgehead atoms. The van der Waals surface area contributed by atoms with Crippen LogP contribution in [-0.4, -0.2) is 71.9 Å². The fraction of sp³-hybridized carbons (Fsp3) is 0.771. The second-order valence-corrected chi connectivity index (χ2v) is 12.3. The normalized spacial score (nSPS) is 29.4. The highest BCUT2D eigenvalue weighted by molar-refractivity contribution is 5.91. The number of ether oxygens (including phenoxy) is 2. The summed E-state index contributed by atoms with van der Waals surface area (Å²) in [6.45, 7) is 8.27. The summed E-state index contributed by atoms with van der Waals surface area (Å²) in [5.74, 6) is -0.216. The van der Waals surface area contributed by atoms with E-state index in [0.29, 0.717) is 43.8 Å². The van der Waals surface area contributed by atoms with Crippen LogP contribution in [-0.2, 0) is 19.1 Å². The Balaban J connectivity index is 2.94. The van der Waals surface area contributed by atoms with E-state index >= 15 is 0 Å². The monoisotopic (exact) mass is 607 g/mol. The number of esters is 1. The number of allylic oxidation sites excluding steroid dienone is 4. The summed E-state index contributed by atoms with van der Waals surface area (Å²) in [6.07, 6.45) is 16.4. The quantitative estimate of drug-likeness (QED) is 0.285. The van der Waals surface area contributed by atoms with Gasteiger partial charge in [-0.1, -0.05) is 90.0 Å². The minimum atomic E-state index is -1.15. The van der Waals surface area contributed by atoms with Crippen LogP contribution in [0, 0.1) is 11.8 Å². The molecule has 1 unspecified atom stereocenters. The van der Waals surface area contributed by atoms with E-state index in [1.165, 1.54) is 38.5 Å². The average molecular weight is 608 g/mol. The predicted molar refractivity (Wildman–Crippen MR) is 172 cm³/mol. The predicted octanol–water partition coefficient (Wildman–Crippen LogP) is 5.94. The van der Waals surface area contributed by atoms with Crippen molar-refractivity contribution in [3.05, 3.63) is 35.5 Å². The molecule has 0 spiro atoms. The molecule has 0 aromatic rings. The van der Waals surface area contributed by atoms with Crippen LogP contribution >= 0.6 is 0 Å². The highest BCUT2D eigenvalue weighted by Crippen LogP contribution is 2.20. The summed E-state index contributed by atoms with van der Waals surface area (Å²) in [5, 5.41) is 34.1. The van der Waals surface area contributed by atoms with Gasteiger partial charge in [0.25, 0.3) is 5.91 Å². The van der Waals surface area contributed by atoms with Gasteiger partial charge in [-0.3, -0.25) is 4.79 Å². The number of carbonyl (C=O) groups excluding carboxylic acids is 2. The van der Waals surface area contributed by atoms with Crippen molar-refractivity contribution in [2.45, 2.75) is 142 Å². The van der Waals surface area contributed by atoms with Gasteiger partial charge in [-0.2, -0.15) is 0 Å². The molecule has 8 heteroatoms. The summed E-state index contributed by atoms with van der Waals surface area (Å²) in [4.78, 5) is 25.6. The lowest BCUT2D eigenvalue weighted by atomic mass is 9.96. The van der Waals surface area contributed by atoms with Crippen LogP contribution in [0.2, 0.25) is 0 Å². The van der Waals surface area contributed by atoms with Gasteiger partial charge in [-0.15, -0.1) is 0 Å². The van der Waals surface area contributed by atoms with Gasteiger partial charge in [0.2, 0.25) is 0 Å². The minimum Gasteiger partial charge on any atom is -0.449 e. The smallest absolute Gasteiger partial charge is 0.334 e. The summed E-state index contributed by atoms with van der Waals surface area (Å²) in [7, 11) is 1.64. The van der Waals surface area contributed by atoms with Crippen molar-refractivity contribution in [3.8, 4) is 0 Å². The molecule has 0 saturated heterocycles. The number of hydrogen-bond donors (Lipinski definition) is 4. The molecule has 1 aliphatic heterocycles. The maximum absolute atomic E-state index is 12.8. The Morgan fingerprint density at radius 2 is 1.65 bits per heavy atom. The van der Waals surface area contributed by atoms with Gasteiger partial charge in [-0.25, -0.2) is 4.79 Å². The van der Waals surface area contributed by atoms with Crippen molar-refractivity contribution in [2.75, 3.05) is 20.3 Å². The van der Waals surface area contributed by atoms with Crippen molar-refractivity contribution < 1.29 is 34.4 Å². The van der Waals surface area contributed by atoms with E-state index in [1.807, 2.05) is 19.1 Å². The van der Waals surface area contributed by atoms with E-state index in [0.717, 1.165) is 24.8 Å². The number of aliphatic hydroxyl groups is 3. The summed E-state index contributed by atoms with van der Waals surface area (Å²) in [6, 6.07) is 0. The molecule has 4 N–H and O–H groups in total. The van der Waals surface area contributed by atoms with Crippen LogP contribution in [0.4, 0.5) is 0 Å². The standard InChI is InChI=1S/C35H61NO7/c1-6-15-33-34(40)36-24-30(37)23-32(39)31(38)21-20-29(25-42-5)19-14-18-28(7-2)17-13-11-9-8-10-12-16-26(3)22-27(4)35(41)43-33/h14,18-19,22,26,28,30-33,37-39H,6-13,15-17,20-21,23-25H2,1-5H3,(H,36,40)/t26-,28?,30+,31-,32+,33+/m1/s1. The van der Waals surface area contributed by atoms with Crippen LogP contribution in [0.25, 0.3) is 0 Å². The molecule has 6 atom stereocenters. The molecule has 1 heterocycles. The molecule has 8 nitrogen and oxygen atoms in total. The molecule has 0 aromatic carbocycles. The fourth-order valence-corrected chi connectivity index (χ4v) is 5.44. The molecular formula is C35H61NO7. The minimum absolute atomic E-state index is 0.0964. The van der Waals surface area contributed by atoms with Crippen LogP contribution in [0.3, 0.4) is 0 Å². The highest BCUT2D eigenvalue weighted by atomic mass is 16.5. The lowest BCUT2D eigenvalue weighted by molar-refractivity contribution is -0.152. The number of amides is 1. The second kappa shape index (κ2) is 23.4. The number of carbonyl (C=O) groups is 2. The molecule has 0 aliphatic carbocycles.